The van der Waals surface area contributed by atoms with Crippen molar-refractivity contribution in [1.82, 2.24) is 0 Å². The Balaban J connectivity index is 2.40. The molecule has 0 heterocycles. The Kier molecular flexibility index (Phi) is 4.12. The van der Waals surface area contributed by atoms with Crippen LogP contribution in [0.25, 0.3) is 0 Å². The van der Waals surface area contributed by atoms with Crippen LogP contribution in [0.2, 0.25) is 0 Å². The molecule has 3 heteroatoms. The number of rotatable bonds is 5. The van der Waals surface area contributed by atoms with E-state index in [1.807, 2.05) is 24.3 Å². The molecule has 0 unspecified atom stereocenters. The molecule has 1 radical (unpaired) electrons. The van der Waals surface area contributed by atoms with Crippen molar-refractivity contribution in [3.8, 4) is 11.5 Å². The summed E-state index contributed by atoms with van der Waals surface area (Å²) in [4.78, 5) is 0. The zero-order valence-electron chi connectivity index (χ0n) is 7.66. The molecule has 13 heavy (non-hydrogen) atoms. The maximum Gasteiger partial charge on any atom is 0.119 e. The van der Waals surface area contributed by atoms with Gasteiger partial charge in [-0.1, -0.05) is 0 Å². The van der Waals surface area contributed by atoms with Crippen LogP contribution in [-0.2, 0) is 5.11 Å². The Morgan fingerprint density at radius 1 is 1.15 bits per heavy atom. The monoisotopic (exact) mass is 181 g/mol. The molecule has 0 aliphatic heterocycles. The smallest absolute Gasteiger partial charge is 0.119 e. The Hall–Kier alpha value is -1.22. The second-order valence-corrected chi connectivity index (χ2v) is 2.58. The zero-order chi connectivity index (χ0) is 9.52. The summed E-state index contributed by atoms with van der Waals surface area (Å²) < 4.78 is 10.3. The van der Waals surface area contributed by atoms with Crippen molar-refractivity contribution in [2.45, 2.75) is 6.42 Å². The molecule has 0 amide bonds. The number of hydrogen-bond acceptors (Lipinski definition) is 2. The third-order valence-corrected chi connectivity index (χ3v) is 1.62. The highest BCUT2D eigenvalue weighted by atomic mass is 16.5. The first kappa shape index (κ1) is 9.86. The largest absolute Gasteiger partial charge is 0.497 e. The van der Waals surface area contributed by atoms with E-state index < -0.39 is 0 Å². The van der Waals surface area contributed by atoms with Crippen LogP contribution < -0.4 is 9.47 Å². The van der Waals surface area contributed by atoms with E-state index in [-0.39, 0.29) is 6.61 Å². The van der Waals surface area contributed by atoms with E-state index in [9.17, 15) is 5.11 Å². The molecule has 0 aliphatic rings. The summed E-state index contributed by atoms with van der Waals surface area (Å²) in [5.41, 5.74) is 0. The molecule has 0 atom stereocenters. The molecule has 0 saturated carbocycles. The van der Waals surface area contributed by atoms with Crippen LogP contribution in [0.3, 0.4) is 0 Å². The molecular weight excluding hydrogens is 168 g/mol. The molecule has 0 fully saturated rings. The lowest BCUT2D eigenvalue weighted by Gasteiger charge is -2.05. The lowest BCUT2D eigenvalue weighted by molar-refractivity contribution is 0.165. The minimum Gasteiger partial charge on any atom is -0.497 e. The fourth-order valence-electron chi connectivity index (χ4n) is 0.921. The third-order valence-electron chi connectivity index (χ3n) is 1.62. The van der Waals surface area contributed by atoms with Crippen molar-refractivity contribution in [3.63, 3.8) is 0 Å². The standard InChI is InChI=1S/C10H13O3/c1-12-9-3-5-10(6-4-9)13-8-2-7-11/h3-6H,2,7-8H2,1H3. The van der Waals surface area contributed by atoms with E-state index in [4.69, 9.17) is 9.47 Å². The molecule has 3 nitrogen and oxygen atoms in total. The summed E-state index contributed by atoms with van der Waals surface area (Å²) in [7, 11) is 1.62. The first-order chi connectivity index (χ1) is 6.36. The SMILES string of the molecule is COc1ccc(OCCC[O])cc1. The summed E-state index contributed by atoms with van der Waals surface area (Å²) >= 11 is 0. The van der Waals surface area contributed by atoms with Gasteiger partial charge in [0.05, 0.1) is 20.3 Å². The first-order valence-electron chi connectivity index (χ1n) is 4.22. The van der Waals surface area contributed by atoms with Gasteiger partial charge in [-0.3, -0.25) is 0 Å². The lowest BCUT2D eigenvalue weighted by atomic mass is 10.3. The van der Waals surface area contributed by atoms with Gasteiger partial charge in [-0.2, -0.15) is 0 Å². The van der Waals surface area contributed by atoms with Gasteiger partial charge in [0.25, 0.3) is 0 Å². The second kappa shape index (κ2) is 5.43. The maximum absolute atomic E-state index is 10.1. The topological polar surface area (TPSA) is 38.4 Å². The van der Waals surface area contributed by atoms with E-state index in [1.54, 1.807) is 7.11 Å². The van der Waals surface area contributed by atoms with E-state index >= 15 is 0 Å². The van der Waals surface area contributed by atoms with Gasteiger partial charge in [0, 0.05) is 6.42 Å². The summed E-state index contributed by atoms with van der Waals surface area (Å²) in [6, 6.07) is 7.30. The molecule has 0 bridgehead atoms. The summed E-state index contributed by atoms with van der Waals surface area (Å²) in [5, 5.41) is 10.1. The molecule has 1 aromatic carbocycles. The average molecular weight is 181 g/mol. The normalized spacial score (nSPS) is 9.69. The Morgan fingerprint density at radius 3 is 2.31 bits per heavy atom. The zero-order valence-corrected chi connectivity index (χ0v) is 7.66. The van der Waals surface area contributed by atoms with Gasteiger partial charge in [-0.05, 0) is 24.3 Å². The van der Waals surface area contributed by atoms with Gasteiger partial charge in [-0.15, -0.1) is 0 Å². The number of methoxy groups -OCH3 is 1. The minimum absolute atomic E-state index is 0.0871. The number of ether oxygens (including phenoxy) is 2. The van der Waals surface area contributed by atoms with Crippen LogP contribution in [0, 0.1) is 0 Å². The van der Waals surface area contributed by atoms with E-state index in [2.05, 4.69) is 0 Å². The molecule has 0 aliphatic carbocycles. The van der Waals surface area contributed by atoms with Crippen LogP contribution in [0.4, 0.5) is 0 Å². The molecular formula is C10H13O3. The van der Waals surface area contributed by atoms with E-state index in [0.717, 1.165) is 11.5 Å². The predicted octanol–water partition coefficient (Wildman–Crippen LogP) is 1.89. The Labute approximate surface area is 77.9 Å². The van der Waals surface area contributed by atoms with Crippen molar-refractivity contribution in [2.24, 2.45) is 0 Å². The summed E-state index contributed by atoms with van der Waals surface area (Å²) in [6.45, 7) is 0.395. The van der Waals surface area contributed by atoms with Gasteiger partial charge < -0.3 is 9.47 Å². The molecule has 71 valence electrons. The van der Waals surface area contributed by atoms with Crippen LogP contribution in [0.15, 0.2) is 24.3 Å². The van der Waals surface area contributed by atoms with Crippen molar-refractivity contribution >= 4 is 0 Å². The predicted molar refractivity (Wildman–Crippen MR) is 48.7 cm³/mol. The number of hydrogen-bond donors (Lipinski definition) is 0. The quantitative estimate of drug-likeness (QED) is 0.650. The van der Waals surface area contributed by atoms with Crippen molar-refractivity contribution in [1.29, 1.82) is 0 Å². The Bertz CT molecular complexity index is 230. The fraction of sp³-hybridized carbons (Fsp3) is 0.400. The van der Waals surface area contributed by atoms with Gasteiger partial charge in [-0.25, -0.2) is 5.11 Å². The molecule has 1 aromatic rings. The third kappa shape index (κ3) is 3.34. The second-order valence-electron chi connectivity index (χ2n) is 2.58. The van der Waals surface area contributed by atoms with Crippen molar-refractivity contribution in [2.75, 3.05) is 20.3 Å². The van der Waals surface area contributed by atoms with Gasteiger partial charge in [0.1, 0.15) is 11.5 Å². The molecule has 0 N–H and O–H groups in total. The minimum atomic E-state index is -0.0871. The van der Waals surface area contributed by atoms with Gasteiger partial charge in [0.15, 0.2) is 0 Å². The lowest BCUT2D eigenvalue weighted by Crippen LogP contribution is -1.98. The molecule has 0 saturated heterocycles. The van der Waals surface area contributed by atoms with Crippen molar-refractivity contribution in [3.05, 3.63) is 24.3 Å². The van der Waals surface area contributed by atoms with Gasteiger partial charge in [0.2, 0.25) is 0 Å². The Morgan fingerprint density at radius 2 is 1.77 bits per heavy atom. The molecule has 0 spiro atoms. The molecule has 0 aromatic heterocycles. The van der Waals surface area contributed by atoms with Crippen LogP contribution in [-0.4, -0.2) is 20.3 Å². The highest BCUT2D eigenvalue weighted by molar-refractivity contribution is 5.30. The van der Waals surface area contributed by atoms with Crippen LogP contribution in [0.5, 0.6) is 11.5 Å². The van der Waals surface area contributed by atoms with E-state index in [1.165, 1.54) is 0 Å². The van der Waals surface area contributed by atoms with Gasteiger partial charge >= 0.3 is 0 Å². The average Bonchev–Trinajstić information content (AvgIpc) is 2.19. The van der Waals surface area contributed by atoms with Crippen LogP contribution >= 0.6 is 0 Å². The first-order valence-corrected chi connectivity index (χ1v) is 4.22. The maximum atomic E-state index is 10.1. The van der Waals surface area contributed by atoms with E-state index in [0.29, 0.717) is 13.0 Å². The van der Waals surface area contributed by atoms with Crippen LogP contribution in [0.1, 0.15) is 6.42 Å². The summed E-state index contributed by atoms with van der Waals surface area (Å²) in [5.74, 6) is 1.57. The summed E-state index contributed by atoms with van der Waals surface area (Å²) in [6.07, 6.45) is 0.548. The van der Waals surface area contributed by atoms with Crippen molar-refractivity contribution < 1.29 is 14.6 Å². The number of benzene rings is 1. The highest BCUT2D eigenvalue weighted by Gasteiger charge is 1.94. The highest BCUT2D eigenvalue weighted by Crippen LogP contribution is 2.16. The fourth-order valence-corrected chi connectivity index (χ4v) is 0.921. The molecule has 1 rings (SSSR count).